The Bertz CT molecular complexity index is 746. The summed E-state index contributed by atoms with van der Waals surface area (Å²) in [7, 11) is 1.47. The molecule has 3 rings (SSSR count). The van der Waals surface area contributed by atoms with Crippen LogP contribution in [0.15, 0.2) is 42.5 Å². The second-order valence-electron chi connectivity index (χ2n) is 4.50. The second kappa shape index (κ2) is 4.67. The van der Waals surface area contributed by atoms with E-state index in [2.05, 4.69) is 31.2 Å². The molecule has 0 saturated carbocycles. The van der Waals surface area contributed by atoms with E-state index in [-0.39, 0.29) is 11.6 Å². The molecule has 0 aliphatic rings. The van der Waals surface area contributed by atoms with E-state index in [1.807, 2.05) is 6.07 Å². The Labute approximate surface area is 115 Å². The van der Waals surface area contributed by atoms with Crippen molar-refractivity contribution in [2.45, 2.75) is 6.92 Å². The first-order valence-corrected chi connectivity index (χ1v) is 6.83. The Morgan fingerprint density at radius 2 is 1.89 bits per heavy atom. The third-order valence-electron chi connectivity index (χ3n) is 3.11. The van der Waals surface area contributed by atoms with Crippen LogP contribution in [0, 0.1) is 12.7 Å². The Balaban J connectivity index is 2.11. The van der Waals surface area contributed by atoms with E-state index in [4.69, 9.17) is 4.74 Å². The molecule has 1 nitrogen and oxygen atoms in total. The fraction of sp³-hybridized carbons (Fsp3) is 0.125. The summed E-state index contributed by atoms with van der Waals surface area (Å²) >= 11 is 1.68. The topological polar surface area (TPSA) is 9.23 Å². The van der Waals surface area contributed by atoms with Gasteiger partial charge in [-0.3, -0.25) is 0 Å². The van der Waals surface area contributed by atoms with Gasteiger partial charge in [-0.05, 0) is 53.8 Å². The summed E-state index contributed by atoms with van der Waals surface area (Å²) < 4.78 is 19.9. The van der Waals surface area contributed by atoms with Gasteiger partial charge in [0.25, 0.3) is 0 Å². The normalized spacial score (nSPS) is 10.9. The first-order chi connectivity index (χ1) is 9.17. The van der Waals surface area contributed by atoms with Crippen LogP contribution in [-0.2, 0) is 0 Å². The van der Waals surface area contributed by atoms with E-state index in [1.165, 1.54) is 28.8 Å². The fourth-order valence-corrected chi connectivity index (χ4v) is 3.26. The number of thiophene rings is 1. The summed E-state index contributed by atoms with van der Waals surface area (Å²) in [6.07, 6.45) is 0. The molecule has 2 aromatic carbocycles. The molecule has 96 valence electrons. The van der Waals surface area contributed by atoms with E-state index in [0.717, 1.165) is 10.4 Å². The van der Waals surface area contributed by atoms with Crippen molar-refractivity contribution in [2.75, 3.05) is 7.11 Å². The first kappa shape index (κ1) is 12.2. The van der Waals surface area contributed by atoms with Crippen LogP contribution in [0.5, 0.6) is 5.75 Å². The minimum atomic E-state index is -0.325. The zero-order valence-corrected chi connectivity index (χ0v) is 11.6. The largest absolute Gasteiger partial charge is 0.494 e. The minimum absolute atomic E-state index is 0.278. The summed E-state index contributed by atoms with van der Waals surface area (Å²) in [4.78, 5) is 1.07. The van der Waals surface area contributed by atoms with Gasteiger partial charge in [0.1, 0.15) is 0 Å². The Hall–Kier alpha value is -1.87. The van der Waals surface area contributed by atoms with Crippen molar-refractivity contribution in [2.24, 2.45) is 0 Å². The first-order valence-electron chi connectivity index (χ1n) is 6.01. The number of methoxy groups -OCH3 is 1. The maximum Gasteiger partial charge on any atom is 0.165 e. The SMILES string of the molecule is COc1ccc(-c2cc3ccc(C)cc3s2)cc1F. The molecule has 0 saturated heterocycles. The third-order valence-corrected chi connectivity index (χ3v) is 4.26. The molecular formula is C16H13FOS. The average Bonchev–Trinajstić information content (AvgIpc) is 2.81. The average molecular weight is 272 g/mol. The van der Waals surface area contributed by atoms with Gasteiger partial charge in [-0.2, -0.15) is 0 Å². The second-order valence-corrected chi connectivity index (χ2v) is 5.59. The van der Waals surface area contributed by atoms with E-state index < -0.39 is 0 Å². The standard InChI is InChI=1S/C16H13FOS/c1-10-3-4-12-9-16(19-15(12)7-10)11-5-6-14(18-2)13(17)8-11/h3-9H,1-2H3. The maximum atomic E-state index is 13.7. The lowest BCUT2D eigenvalue weighted by molar-refractivity contribution is 0.386. The molecule has 0 unspecified atom stereocenters. The molecule has 1 heterocycles. The monoisotopic (exact) mass is 272 g/mol. The van der Waals surface area contributed by atoms with Gasteiger partial charge >= 0.3 is 0 Å². The summed E-state index contributed by atoms with van der Waals surface area (Å²) in [6.45, 7) is 2.08. The van der Waals surface area contributed by atoms with Crippen molar-refractivity contribution in [3.8, 4) is 16.2 Å². The highest BCUT2D eigenvalue weighted by molar-refractivity contribution is 7.22. The molecule has 0 aliphatic heterocycles. The summed E-state index contributed by atoms with van der Waals surface area (Å²) in [5.41, 5.74) is 2.12. The molecule has 0 amide bonds. The van der Waals surface area contributed by atoms with Crippen LogP contribution < -0.4 is 4.74 Å². The number of hydrogen-bond acceptors (Lipinski definition) is 2. The van der Waals surface area contributed by atoms with E-state index in [9.17, 15) is 4.39 Å². The molecule has 1 aromatic heterocycles. The number of benzene rings is 2. The summed E-state index contributed by atoms with van der Waals surface area (Å²) in [5, 5.41) is 1.20. The lowest BCUT2D eigenvalue weighted by Crippen LogP contribution is -1.87. The van der Waals surface area contributed by atoms with E-state index in [0.29, 0.717) is 0 Å². The lowest BCUT2D eigenvalue weighted by atomic mass is 10.1. The molecule has 0 fully saturated rings. The van der Waals surface area contributed by atoms with E-state index in [1.54, 1.807) is 17.4 Å². The molecular weight excluding hydrogens is 259 g/mol. The van der Waals surface area contributed by atoms with Crippen molar-refractivity contribution in [3.63, 3.8) is 0 Å². The van der Waals surface area contributed by atoms with Crippen LogP contribution in [0.4, 0.5) is 4.39 Å². The van der Waals surface area contributed by atoms with Crippen molar-refractivity contribution in [1.29, 1.82) is 0 Å². The Morgan fingerprint density at radius 1 is 1.05 bits per heavy atom. The van der Waals surface area contributed by atoms with Crippen LogP contribution in [0.3, 0.4) is 0 Å². The van der Waals surface area contributed by atoms with Gasteiger partial charge in [0.15, 0.2) is 11.6 Å². The Kier molecular flexibility index (Phi) is 2.99. The number of hydrogen-bond donors (Lipinski definition) is 0. The number of fused-ring (bicyclic) bond motifs is 1. The Morgan fingerprint density at radius 3 is 2.63 bits per heavy atom. The third kappa shape index (κ3) is 2.22. The van der Waals surface area contributed by atoms with Crippen molar-refractivity contribution < 1.29 is 9.13 Å². The number of rotatable bonds is 2. The molecule has 3 heteroatoms. The van der Waals surface area contributed by atoms with Gasteiger partial charge in [0.2, 0.25) is 0 Å². The van der Waals surface area contributed by atoms with Crippen LogP contribution in [-0.4, -0.2) is 7.11 Å². The number of ether oxygens (including phenoxy) is 1. The highest BCUT2D eigenvalue weighted by Crippen LogP contribution is 2.35. The van der Waals surface area contributed by atoms with Gasteiger partial charge in [-0.15, -0.1) is 11.3 Å². The van der Waals surface area contributed by atoms with Gasteiger partial charge in [0, 0.05) is 9.58 Å². The zero-order chi connectivity index (χ0) is 13.4. The number of halogens is 1. The molecule has 0 aliphatic carbocycles. The molecule has 0 N–H and O–H groups in total. The van der Waals surface area contributed by atoms with Crippen LogP contribution in [0.25, 0.3) is 20.5 Å². The van der Waals surface area contributed by atoms with Gasteiger partial charge < -0.3 is 4.74 Å². The quantitative estimate of drug-likeness (QED) is 0.636. The van der Waals surface area contributed by atoms with E-state index >= 15 is 0 Å². The van der Waals surface area contributed by atoms with Crippen LogP contribution in [0.1, 0.15) is 5.56 Å². The fourth-order valence-electron chi connectivity index (χ4n) is 2.10. The van der Waals surface area contributed by atoms with Crippen LogP contribution >= 0.6 is 11.3 Å². The highest BCUT2D eigenvalue weighted by Gasteiger charge is 2.08. The molecule has 0 spiro atoms. The van der Waals surface area contributed by atoms with Crippen molar-refractivity contribution in [3.05, 3.63) is 53.8 Å². The molecule has 0 bridgehead atoms. The summed E-state index contributed by atoms with van der Waals surface area (Å²) in [5.74, 6) is -0.0469. The molecule has 19 heavy (non-hydrogen) atoms. The van der Waals surface area contributed by atoms with Gasteiger partial charge in [-0.1, -0.05) is 12.1 Å². The van der Waals surface area contributed by atoms with Crippen LogP contribution in [0.2, 0.25) is 0 Å². The molecule has 0 radical (unpaired) electrons. The van der Waals surface area contributed by atoms with Gasteiger partial charge in [-0.25, -0.2) is 4.39 Å². The predicted molar refractivity (Wildman–Crippen MR) is 78.5 cm³/mol. The van der Waals surface area contributed by atoms with Gasteiger partial charge in [0.05, 0.1) is 7.11 Å². The molecule has 0 atom stereocenters. The number of aryl methyl sites for hydroxylation is 1. The summed E-state index contributed by atoms with van der Waals surface area (Å²) in [6, 6.07) is 13.5. The lowest BCUT2D eigenvalue weighted by Gasteiger charge is -2.03. The predicted octanol–water partition coefficient (Wildman–Crippen LogP) is 5.02. The molecule has 3 aromatic rings. The van der Waals surface area contributed by atoms with Crippen molar-refractivity contribution >= 4 is 21.4 Å². The maximum absolute atomic E-state index is 13.7. The van der Waals surface area contributed by atoms with Crippen molar-refractivity contribution in [1.82, 2.24) is 0 Å². The zero-order valence-electron chi connectivity index (χ0n) is 10.7. The minimum Gasteiger partial charge on any atom is -0.494 e. The smallest absolute Gasteiger partial charge is 0.165 e. The highest BCUT2D eigenvalue weighted by atomic mass is 32.1.